The van der Waals surface area contributed by atoms with Gasteiger partial charge in [0.15, 0.2) is 22.7 Å². The lowest BCUT2D eigenvalue weighted by Gasteiger charge is -2.43. The number of β-lactam (4-membered cyclic amide) rings is 1. The highest BCUT2D eigenvalue weighted by Crippen LogP contribution is 2.27. The number of amides is 2. The van der Waals surface area contributed by atoms with Crippen LogP contribution in [0.3, 0.4) is 0 Å². The molecule has 0 aliphatic carbocycles. The molecule has 0 bridgehead atoms. The molecule has 0 spiro atoms. The Morgan fingerprint density at radius 1 is 1.39 bits per heavy atom. The number of nitrogens with two attached hydrogens (primary N) is 1. The number of carbonyl (C=O) groups excluding carboxylic acids is 2. The molecule has 16 nitrogen and oxygen atoms in total. The number of nitrogen functional groups attached to an aromatic ring is 1. The van der Waals surface area contributed by atoms with Crippen molar-refractivity contribution >= 4 is 44.3 Å². The van der Waals surface area contributed by atoms with E-state index >= 15 is 0 Å². The van der Waals surface area contributed by atoms with Crippen LogP contribution in [0.25, 0.3) is 0 Å². The normalized spacial score (nSPS) is 19.2. The number of aliphatic hydroxyl groups is 1. The molecule has 1 saturated heterocycles. The third kappa shape index (κ3) is 5.25. The van der Waals surface area contributed by atoms with Gasteiger partial charge in [-0.15, -0.1) is 11.3 Å². The molecule has 1 fully saturated rings. The summed E-state index contributed by atoms with van der Waals surface area (Å²) in [5.41, 5.74) is 4.13. The largest absolute Gasteiger partial charge is 0.503 e. The van der Waals surface area contributed by atoms with Crippen molar-refractivity contribution in [2.75, 3.05) is 12.3 Å². The van der Waals surface area contributed by atoms with Gasteiger partial charge < -0.3 is 31.3 Å². The molecule has 2 aromatic rings. The Morgan fingerprint density at radius 3 is 2.58 bits per heavy atom. The number of carbonyl (C=O) groups is 2. The summed E-state index contributed by atoms with van der Waals surface area (Å²) in [5.74, 6) is -3.41. The van der Waals surface area contributed by atoms with E-state index in [-0.39, 0.29) is 20.8 Å². The Labute approximate surface area is 207 Å². The van der Waals surface area contributed by atoms with Crippen LogP contribution in [-0.4, -0.2) is 78.6 Å². The van der Waals surface area contributed by atoms with Gasteiger partial charge in [-0.25, -0.2) is 9.29 Å². The molecular weight excluding hydrogens is 524 g/mol. The molecule has 3 heterocycles. The van der Waals surface area contributed by atoms with Gasteiger partial charge in [0, 0.05) is 11.4 Å². The van der Waals surface area contributed by atoms with Crippen LogP contribution in [0.2, 0.25) is 0 Å². The second-order valence-corrected chi connectivity index (χ2v) is 10.1. The number of pyridine rings is 1. The topological polar surface area (TPSA) is 247 Å². The van der Waals surface area contributed by atoms with Crippen molar-refractivity contribution in [2.45, 2.75) is 32.0 Å². The van der Waals surface area contributed by atoms with Gasteiger partial charge in [0.05, 0.1) is 12.8 Å². The molecule has 1 aliphatic rings. The maximum atomic E-state index is 13.0. The summed E-state index contributed by atoms with van der Waals surface area (Å²) in [7, 11) is -4.97. The summed E-state index contributed by atoms with van der Waals surface area (Å²) < 4.78 is 32.3. The lowest BCUT2D eigenvalue weighted by molar-refractivity contribution is -0.146. The van der Waals surface area contributed by atoms with Gasteiger partial charge >= 0.3 is 10.3 Å². The highest BCUT2D eigenvalue weighted by atomic mass is 32.2. The smallest absolute Gasteiger partial charge is 0.362 e. The van der Waals surface area contributed by atoms with Gasteiger partial charge in [-0.05, 0) is 5.92 Å². The maximum Gasteiger partial charge on any atom is 0.362 e. The van der Waals surface area contributed by atoms with Crippen molar-refractivity contribution in [3.05, 3.63) is 39.3 Å². The molecule has 0 aromatic carbocycles. The molecule has 2 amide bonds. The molecule has 1 unspecified atom stereocenters. The summed E-state index contributed by atoms with van der Waals surface area (Å²) in [6, 6.07) is -2.08. The van der Waals surface area contributed by atoms with Crippen molar-refractivity contribution < 1.29 is 42.8 Å². The van der Waals surface area contributed by atoms with E-state index < -0.39 is 69.7 Å². The van der Waals surface area contributed by atoms with Crippen molar-refractivity contribution in [3.8, 4) is 5.75 Å². The minimum atomic E-state index is -4.97. The molecule has 0 saturated carbocycles. The standard InChI is InChI=1S/C18H22N6O10S2/c1-7(2)15(9-3-11(26)12(27)4-23(9)30)34-22-13(8-6-35-18(19)20-8)16(28)21-14-10(5-25)24(17(14)29)36(31,32)33/h3-4,6-7,10,14-15,25,27,30H,5H2,1-2H3,(H2,19,20)(H,21,28)(H,31,32,33)/b22-13-/t10-,14+,15?/m1/s1. The molecule has 36 heavy (non-hydrogen) atoms. The number of anilines is 1. The first-order valence-corrected chi connectivity index (χ1v) is 12.4. The Bertz CT molecular complexity index is 1370. The zero-order chi connectivity index (χ0) is 26.9. The Hall–Kier alpha value is -3.74. The monoisotopic (exact) mass is 546 g/mol. The molecule has 0 radical (unpaired) electrons. The highest BCUT2D eigenvalue weighted by molar-refractivity contribution is 7.84. The molecule has 18 heteroatoms. The van der Waals surface area contributed by atoms with Gasteiger partial charge in [0.1, 0.15) is 23.5 Å². The summed E-state index contributed by atoms with van der Waals surface area (Å²) >= 11 is 0.951. The average molecular weight is 547 g/mol. The van der Waals surface area contributed by atoms with Crippen LogP contribution in [0.15, 0.2) is 27.6 Å². The van der Waals surface area contributed by atoms with E-state index in [0.717, 1.165) is 23.6 Å². The van der Waals surface area contributed by atoms with E-state index in [0.29, 0.717) is 4.73 Å². The molecule has 2 aromatic heterocycles. The van der Waals surface area contributed by atoms with Crippen LogP contribution in [0.5, 0.6) is 5.75 Å². The van der Waals surface area contributed by atoms with Gasteiger partial charge in [0.2, 0.25) is 5.43 Å². The Kier molecular flexibility index (Phi) is 7.53. The Morgan fingerprint density at radius 2 is 2.06 bits per heavy atom. The Balaban J connectivity index is 1.93. The molecule has 3 rings (SSSR count). The van der Waals surface area contributed by atoms with Gasteiger partial charge in [-0.2, -0.15) is 13.1 Å². The van der Waals surface area contributed by atoms with E-state index in [2.05, 4.69) is 15.5 Å². The van der Waals surface area contributed by atoms with Crippen LogP contribution in [0, 0.1) is 5.92 Å². The quantitative estimate of drug-likeness (QED) is 0.0687. The van der Waals surface area contributed by atoms with Crippen LogP contribution in [0.4, 0.5) is 5.13 Å². The van der Waals surface area contributed by atoms with Crippen LogP contribution in [0.1, 0.15) is 31.3 Å². The number of nitrogens with zero attached hydrogens (tertiary/aromatic N) is 4. The van der Waals surface area contributed by atoms with Crippen LogP contribution < -0.4 is 16.5 Å². The number of aliphatic hydroxyl groups excluding tert-OH is 1. The fourth-order valence-electron chi connectivity index (χ4n) is 3.32. The zero-order valence-electron chi connectivity index (χ0n) is 18.7. The third-order valence-electron chi connectivity index (χ3n) is 5.07. The van der Waals surface area contributed by atoms with E-state index in [9.17, 15) is 38.2 Å². The summed E-state index contributed by atoms with van der Waals surface area (Å²) in [5, 5.41) is 36.5. The van der Waals surface area contributed by atoms with Gasteiger partial charge in [0.25, 0.3) is 11.8 Å². The van der Waals surface area contributed by atoms with Gasteiger partial charge in [-0.3, -0.25) is 18.9 Å². The molecular formula is C18H22N6O10S2. The molecule has 7 N–H and O–H groups in total. The predicted octanol–water partition coefficient (Wildman–Crippen LogP) is -1.56. The number of aromatic hydroxyl groups is 1. The van der Waals surface area contributed by atoms with Crippen LogP contribution >= 0.6 is 11.3 Å². The number of rotatable bonds is 9. The lowest BCUT2D eigenvalue weighted by Crippen LogP contribution is -2.73. The second-order valence-electron chi connectivity index (χ2n) is 7.89. The van der Waals surface area contributed by atoms with Crippen molar-refractivity contribution in [3.63, 3.8) is 0 Å². The number of nitrogens with one attached hydrogen (secondary N) is 1. The fraction of sp³-hybridized carbons (Fsp3) is 0.389. The lowest BCUT2D eigenvalue weighted by atomic mass is 9.99. The summed E-state index contributed by atoms with van der Waals surface area (Å²) in [6.07, 6.45) is -0.361. The number of oxime groups is 1. The number of hydrogen-bond donors (Lipinski definition) is 6. The number of hydrogen-bond acceptors (Lipinski definition) is 13. The van der Waals surface area contributed by atoms with E-state index in [1.54, 1.807) is 13.8 Å². The summed E-state index contributed by atoms with van der Waals surface area (Å²) in [4.78, 5) is 46.5. The highest BCUT2D eigenvalue weighted by Gasteiger charge is 2.54. The molecule has 1 aliphatic heterocycles. The van der Waals surface area contributed by atoms with Crippen molar-refractivity contribution in [1.82, 2.24) is 19.3 Å². The van der Waals surface area contributed by atoms with Crippen molar-refractivity contribution in [1.29, 1.82) is 0 Å². The molecule has 3 atom stereocenters. The summed E-state index contributed by atoms with van der Waals surface area (Å²) in [6.45, 7) is 2.41. The third-order valence-corrected chi connectivity index (χ3v) is 6.69. The second kappa shape index (κ2) is 10.1. The average Bonchev–Trinajstić information content (AvgIpc) is 3.20. The SMILES string of the molecule is CC(C)C(O/N=C(\C(=O)N[C@@H]1C(=O)N(S(=O)(=O)O)[C@@H]1CO)c1csc(N)n1)c1cc(=O)c(O)cn1O. The zero-order valence-corrected chi connectivity index (χ0v) is 20.3. The number of aromatic nitrogens is 2. The van der Waals surface area contributed by atoms with Gasteiger partial charge in [-0.1, -0.05) is 19.0 Å². The first-order chi connectivity index (χ1) is 16.8. The first kappa shape index (κ1) is 26.9. The minimum Gasteiger partial charge on any atom is -0.503 e. The fourth-order valence-corrected chi connectivity index (χ4v) is 4.74. The predicted molar refractivity (Wildman–Crippen MR) is 122 cm³/mol. The first-order valence-electron chi connectivity index (χ1n) is 10.1. The van der Waals surface area contributed by atoms with E-state index in [1.165, 1.54) is 5.38 Å². The van der Waals surface area contributed by atoms with Crippen LogP contribution in [-0.2, 0) is 24.7 Å². The number of thiazole rings is 1. The van der Waals surface area contributed by atoms with E-state index in [1.807, 2.05) is 0 Å². The minimum absolute atomic E-state index is 0.0201. The van der Waals surface area contributed by atoms with Crippen molar-refractivity contribution in [2.24, 2.45) is 11.1 Å². The van der Waals surface area contributed by atoms with E-state index in [4.69, 9.17) is 15.1 Å². The maximum absolute atomic E-state index is 13.0. The molecule has 196 valence electrons.